The van der Waals surface area contributed by atoms with Crippen LogP contribution < -0.4 is 20.1 Å². The maximum atomic E-state index is 12.0. The van der Waals surface area contributed by atoms with Crippen molar-refractivity contribution in [2.75, 3.05) is 26.1 Å². The Balaban J connectivity index is 1.89. The van der Waals surface area contributed by atoms with Gasteiger partial charge >= 0.3 is 6.03 Å². The van der Waals surface area contributed by atoms with Crippen LogP contribution in [0.1, 0.15) is 6.92 Å². The number of benzene rings is 1. The standard InChI is InChI=1S/C22H22N6O3/c1-4-24-22(29)28-21-26-17-9-14(13-6-5-7-23-11-13)8-15(20(17)27-21)16-10-18(30-2)19(31-3)12-25-16/h5-12H,4H2,1-3H3,(H3,24,26,27,28,29). The zero-order valence-electron chi connectivity index (χ0n) is 17.4. The van der Waals surface area contributed by atoms with Gasteiger partial charge in [-0.25, -0.2) is 9.78 Å². The number of nitrogens with one attached hydrogen (secondary N) is 3. The quantitative estimate of drug-likeness (QED) is 0.438. The van der Waals surface area contributed by atoms with Gasteiger partial charge in [0.05, 0.1) is 37.1 Å². The van der Waals surface area contributed by atoms with Crippen molar-refractivity contribution in [3.63, 3.8) is 0 Å². The predicted molar refractivity (Wildman–Crippen MR) is 118 cm³/mol. The predicted octanol–water partition coefficient (Wildman–Crippen LogP) is 3.85. The maximum Gasteiger partial charge on any atom is 0.321 e. The number of rotatable bonds is 6. The average Bonchev–Trinajstić information content (AvgIpc) is 3.20. The number of amides is 2. The molecule has 0 aliphatic heterocycles. The molecule has 4 aromatic rings. The second kappa shape index (κ2) is 8.70. The molecular formula is C22H22N6O3. The van der Waals surface area contributed by atoms with Crippen LogP contribution in [0, 0.1) is 0 Å². The molecule has 0 radical (unpaired) electrons. The van der Waals surface area contributed by atoms with Gasteiger partial charge in [0.15, 0.2) is 11.5 Å². The smallest absolute Gasteiger partial charge is 0.321 e. The number of aromatic nitrogens is 4. The van der Waals surface area contributed by atoms with Crippen molar-refractivity contribution in [2.24, 2.45) is 0 Å². The summed E-state index contributed by atoms with van der Waals surface area (Å²) in [5.74, 6) is 1.44. The number of carbonyl (C=O) groups is 1. The van der Waals surface area contributed by atoms with Crippen LogP contribution in [0.2, 0.25) is 0 Å². The summed E-state index contributed by atoms with van der Waals surface area (Å²) in [7, 11) is 3.14. The van der Waals surface area contributed by atoms with Crippen molar-refractivity contribution < 1.29 is 14.3 Å². The molecular weight excluding hydrogens is 396 g/mol. The molecule has 2 amide bonds. The fraction of sp³-hybridized carbons (Fsp3) is 0.182. The van der Waals surface area contributed by atoms with Crippen molar-refractivity contribution >= 4 is 23.0 Å². The van der Waals surface area contributed by atoms with Crippen LogP contribution in [0.25, 0.3) is 33.4 Å². The number of urea groups is 1. The molecule has 3 aromatic heterocycles. The molecule has 9 heteroatoms. The molecule has 158 valence electrons. The largest absolute Gasteiger partial charge is 0.493 e. The highest BCUT2D eigenvalue weighted by molar-refractivity contribution is 5.98. The molecule has 0 aliphatic carbocycles. The van der Waals surface area contributed by atoms with E-state index in [0.717, 1.165) is 22.2 Å². The van der Waals surface area contributed by atoms with Crippen LogP contribution in [0.3, 0.4) is 0 Å². The molecule has 1 aromatic carbocycles. The Morgan fingerprint density at radius 2 is 1.94 bits per heavy atom. The molecule has 9 nitrogen and oxygen atoms in total. The number of nitrogens with zero attached hydrogens (tertiary/aromatic N) is 3. The Kier molecular flexibility index (Phi) is 5.65. The van der Waals surface area contributed by atoms with E-state index in [1.807, 2.05) is 31.2 Å². The lowest BCUT2D eigenvalue weighted by Gasteiger charge is -2.11. The molecule has 0 saturated heterocycles. The highest BCUT2D eigenvalue weighted by Gasteiger charge is 2.16. The van der Waals surface area contributed by atoms with Crippen LogP contribution >= 0.6 is 0 Å². The molecule has 0 bridgehead atoms. The fourth-order valence-corrected chi connectivity index (χ4v) is 3.27. The molecule has 3 heterocycles. The molecule has 31 heavy (non-hydrogen) atoms. The minimum Gasteiger partial charge on any atom is -0.493 e. The number of fused-ring (bicyclic) bond motifs is 1. The van der Waals surface area contributed by atoms with Crippen LogP contribution in [0.5, 0.6) is 11.5 Å². The Labute approximate surface area is 178 Å². The van der Waals surface area contributed by atoms with Crippen molar-refractivity contribution in [3.05, 3.63) is 48.9 Å². The maximum absolute atomic E-state index is 12.0. The zero-order chi connectivity index (χ0) is 21.8. The summed E-state index contributed by atoms with van der Waals surface area (Å²) < 4.78 is 10.8. The summed E-state index contributed by atoms with van der Waals surface area (Å²) in [4.78, 5) is 28.4. The van der Waals surface area contributed by atoms with Crippen LogP contribution in [0.15, 0.2) is 48.9 Å². The second-order valence-electron chi connectivity index (χ2n) is 6.65. The van der Waals surface area contributed by atoms with Crippen LogP contribution in [-0.4, -0.2) is 46.7 Å². The number of hydrogen-bond donors (Lipinski definition) is 3. The van der Waals surface area contributed by atoms with Gasteiger partial charge in [-0.05, 0) is 30.7 Å². The van der Waals surface area contributed by atoms with Crippen LogP contribution in [-0.2, 0) is 0 Å². The van der Waals surface area contributed by atoms with E-state index in [2.05, 4.69) is 30.6 Å². The number of carbonyl (C=O) groups excluding carboxylic acids is 1. The van der Waals surface area contributed by atoms with E-state index in [0.29, 0.717) is 35.2 Å². The molecule has 0 atom stereocenters. The number of ether oxygens (including phenoxy) is 2. The number of aromatic amines is 1. The van der Waals surface area contributed by atoms with E-state index in [1.165, 1.54) is 0 Å². The molecule has 4 rings (SSSR count). The lowest BCUT2D eigenvalue weighted by atomic mass is 10.0. The minimum atomic E-state index is -0.333. The van der Waals surface area contributed by atoms with Gasteiger partial charge in [0.25, 0.3) is 0 Å². The number of H-pyrrole nitrogens is 1. The molecule has 3 N–H and O–H groups in total. The molecule has 0 aliphatic rings. The van der Waals surface area contributed by atoms with Crippen molar-refractivity contribution in [1.82, 2.24) is 25.3 Å². The third kappa shape index (κ3) is 4.11. The number of methoxy groups -OCH3 is 2. The van der Waals surface area contributed by atoms with Gasteiger partial charge < -0.3 is 19.8 Å². The Morgan fingerprint density at radius 1 is 1.10 bits per heavy atom. The van der Waals surface area contributed by atoms with E-state index >= 15 is 0 Å². The number of imidazole rings is 1. The first kappa shape index (κ1) is 20.1. The molecule has 0 saturated carbocycles. The third-order valence-electron chi connectivity index (χ3n) is 4.70. The van der Waals surface area contributed by atoms with Gasteiger partial charge in [0, 0.05) is 36.1 Å². The van der Waals surface area contributed by atoms with Crippen molar-refractivity contribution in [2.45, 2.75) is 6.92 Å². The Morgan fingerprint density at radius 3 is 2.65 bits per heavy atom. The highest BCUT2D eigenvalue weighted by atomic mass is 16.5. The number of hydrogen-bond acceptors (Lipinski definition) is 6. The van der Waals surface area contributed by atoms with Gasteiger partial charge in [-0.15, -0.1) is 0 Å². The van der Waals surface area contributed by atoms with Gasteiger partial charge in [-0.2, -0.15) is 0 Å². The Bertz CT molecular complexity index is 1220. The molecule has 0 fully saturated rings. The second-order valence-corrected chi connectivity index (χ2v) is 6.65. The molecule has 0 spiro atoms. The average molecular weight is 418 g/mol. The van der Waals surface area contributed by atoms with Gasteiger partial charge in [-0.3, -0.25) is 15.3 Å². The number of pyridine rings is 2. The van der Waals surface area contributed by atoms with E-state index in [9.17, 15) is 4.79 Å². The summed E-state index contributed by atoms with van der Waals surface area (Å²) in [6, 6.07) is 9.26. The van der Waals surface area contributed by atoms with E-state index < -0.39 is 0 Å². The molecule has 0 unspecified atom stereocenters. The summed E-state index contributed by atoms with van der Waals surface area (Å²) >= 11 is 0. The SMILES string of the molecule is CCNC(=O)Nc1nc2cc(-c3cccnc3)cc(-c3cc(OC)c(OC)cn3)c2[nH]1. The number of anilines is 1. The van der Waals surface area contributed by atoms with Crippen molar-refractivity contribution in [1.29, 1.82) is 0 Å². The summed E-state index contributed by atoms with van der Waals surface area (Å²) in [6.07, 6.45) is 5.12. The summed E-state index contributed by atoms with van der Waals surface area (Å²) in [5, 5.41) is 5.41. The zero-order valence-corrected chi connectivity index (χ0v) is 17.4. The van der Waals surface area contributed by atoms with Gasteiger partial charge in [0.1, 0.15) is 0 Å². The van der Waals surface area contributed by atoms with Crippen LogP contribution in [0.4, 0.5) is 10.7 Å². The minimum absolute atomic E-state index is 0.333. The highest BCUT2D eigenvalue weighted by Crippen LogP contribution is 2.36. The first-order valence-electron chi connectivity index (χ1n) is 9.70. The van der Waals surface area contributed by atoms with Gasteiger partial charge in [0.2, 0.25) is 5.95 Å². The van der Waals surface area contributed by atoms with Gasteiger partial charge in [-0.1, -0.05) is 6.07 Å². The first-order valence-corrected chi connectivity index (χ1v) is 9.70. The first-order chi connectivity index (χ1) is 15.1. The summed E-state index contributed by atoms with van der Waals surface area (Å²) in [6.45, 7) is 2.36. The van der Waals surface area contributed by atoms with E-state index in [-0.39, 0.29) is 6.03 Å². The topological polar surface area (TPSA) is 114 Å². The van der Waals surface area contributed by atoms with E-state index in [4.69, 9.17) is 9.47 Å². The fourth-order valence-electron chi connectivity index (χ4n) is 3.27. The monoisotopic (exact) mass is 418 g/mol. The lowest BCUT2D eigenvalue weighted by molar-refractivity contribution is 0.252. The van der Waals surface area contributed by atoms with E-state index in [1.54, 1.807) is 38.9 Å². The lowest BCUT2D eigenvalue weighted by Crippen LogP contribution is -2.28. The van der Waals surface area contributed by atoms with Crippen molar-refractivity contribution in [3.8, 4) is 33.9 Å². The Hall–Kier alpha value is -4.14. The third-order valence-corrected chi connectivity index (χ3v) is 4.70. The summed E-state index contributed by atoms with van der Waals surface area (Å²) in [5.41, 5.74) is 4.74. The normalized spacial score (nSPS) is 10.7.